The number of hydrogen-bond donors (Lipinski definition) is 0. The number of halogens is 1. The normalized spacial score (nSPS) is 22.8. The second-order valence-corrected chi connectivity index (χ2v) is 8.49. The van der Waals surface area contributed by atoms with Crippen LogP contribution in [0.4, 0.5) is 4.39 Å². The van der Waals surface area contributed by atoms with Crippen molar-refractivity contribution in [3.8, 4) is 0 Å². The average molecular weight is 449 g/mol. The molecule has 0 N–H and O–H groups in total. The van der Waals surface area contributed by atoms with Gasteiger partial charge in [0.2, 0.25) is 0 Å². The van der Waals surface area contributed by atoms with Crippen molar-refractivity contribution in [2.24, 2.45) is 7.05 Å². The number of morpholine rings is 1. The molecule has 9 heteroatoms. The predicted octanol–water partition coefficient (Wildman–Crippen LogP) is 1.99. The van der Waals surface area contributed by atoms with Crippen molar-refractivity contribution in [3.63, 3.8) is 0 Å². The predicted molar refractivity (Wildman–Crippen MR) is 117 cm³/mol. The lowest BCUT2D eigenvalue weighted by atomic mass is 9.83. The Kier molecular flexibility index (Phi) is 5.41. The molecule has 3 aromatic rings. The molecule has 1 spiro atoms. The zero-order chi connectivity index (χ0) is 23.0. The van der Waals surface area contributed by atoms with Crippen LogP contribution in [0.15, 0.2) is 61.1 Å². The number of nitrogens with zero attached hydrogens (tertiary/aromatic N) is 5. The fourth-order valence-corrected chi connectivity index (χ4v) is 4.72. The first kappa shape index (κ1) is 21.3. The van der Waals surface area contributed by atoms with Crippen molar-refractivity contribution in [1.29, 1.82) is 0 Å². The Bertz CT molecular complexity index is 1170. The monoisotopic (exact) mass is 449 g/mol. The Morgan fingerprint density at radius 2 is 2.06 bits per heavy atom. The molecular formula is C24H24FN5O3. The van der Waals surface area contributed by atoms with E-state index in [1.54, 1.807) is 58.3 Å². The van der Waals surface area contributed by atoms with Crippen LogP contribution in [-0.4, -0.2) is 68.2 Å². The number of pyridine rings is 1. The largest absolute Gasteiger partial charge is 0.361 e. The average Bonchev–Trinajstić information content (AvgIpc) is 3.43. The fraction of sp³-hybridized carbons (Fsp3) is 0.333. The number of aromatic nitrogens is 3. The lowest BCUT2D eigenvalue weighted by molar-refractivity contribution is -0.172. The van der Waals surface area contributed by atoms with Crippen LogP contribution in [0.1, 0.15) is 27.5 Å². The van der Waals surface area contributed by atoms with Crippen LogP contribution in [0.2, 0.25) is 0 Å². The van der Waals surface area contributed by atoms with Crippen molar-refractivity contribution in [2.45, 2.75) is 18.1 Å². The lowest BCUT2D eigenvalue weighted by Gasteiger charge is -2.42. The van der Waals surface area contributed by atoms with Gasteiger partial charge in [0.25, 0.3) is 11.8 Å². The second kappa shape index (κ2) is 8.40. The van der Waals surface area contributed by atoms with Gasteiger partial charge >= 0.3 is 0 Å². The van der Waals surface area contributed by atoms with Crippen molar-refractivity contribution >= 4 is 11.8 Å². The van der Waals surface area contributed by atoms with E-state index in [9.17, 15) is 14.0 Å². The Morgan fingerprint density at radius 3 is 2.76 bits per heavy atom. The maximum Gasteiger partial charge on any atom is 0.274 e. The molecule has 2 amide bonds. The van der Waals surface area contributed by atoms with Gasteiger partial charge in [-0.25, -0.2) is 4.39 Å². The van der Waals surface area contributed by atoms with Gasteiger partial charge in [-0.15, -0.1) is 0 Å². The lowest BCUT2D eigenvalue weighted by Crippen LogP contribution is -2.60. The minimum Gasteiger partial charge on any atom is -0.361 e. The van der Waals surface area contributed by atoms with Gasteiger partial charge in [-0.1, -0.05) is 18.2 Å². The second-order valence-electron chi connectivity index (χ2n) is 8.49. The first-order chi connectivity index (χ1) is 16.0. The van der Waals surface area contributed by atoms with Gasteiger partial charge in [0.15, 0.2) is 5.60 Å². The summed E-state index contributed by atoms with van der Waals surface area (Å²) in [5.41, 5.74) is 0.780. The van der Waals surface area contributed by atoms with Crippen LogP contribution in [0.3, 0.4) is 0 Å². The zero-order valence-corrected chi connectivity index (χ0v) is 18.2. The van der Waals surface area contributed by atoms with E-state index in [4.69, 9.17) is 4.74 Å². The Hall–Kier alpha value is -3.59. The van der Waals surface area contributed by atoms with Crippen LogP contribution in [0, 0.1) is 5.82 Å². The van der Waals surface area contributed by atoms with E-state index in [-0.39, 0.29) is 30.1 Å². The zero-order valence-electron chi connectivity index (χ0n) is 18.2. The molecule has 2 aliphatic heterocycles. The van der Waals surface area contributed by atoms with Gasteiger partial charge in [-0.2, -0.15) is 5.10 Å². The molecule has 170 valence electrons. The van der Waals surface area contributed by atoms with E-state index in [1.807, 2.05) is 12.1 Å². The van der Waals surface area contributed by atoms with Crippen molar-refractivity contribution in [2.75, 3.05) is 26.2 Å². The molecule has 2 fully saturated rings. The summed E-state index contributed by atoms with van der Waals surface area (Å²) < 4.78 is 21.1. The number of likely N-dealkylation sites (tertiary alicyclic amines) is 1. The van der Waals surface area contributed by atoms with Crippen molar-refractivity contribution in [1.82, 2.24) is 24.6 Å². The molecule has 1 aromatic carbocycles. The molecule has 2 atom stereocenters. The third-order valence-corrected chi connectivity index (χ3v) is 6.36. The van der Waals surface area contributed by atoms with Gasteiger partial charge in [-0.3, -0.25) is 19.3 Å². The number of carbonyl (C=O) groups excluding carboxylic acids is 2. The number of carbonyl (C=O) groups is 2. The van der Waals surface area contributed by atoms with E-state index in [1.165, 1.54) is 12.1 Å². The molecule has 2 aliphatic rings. The maximum atomic E-state index is 13.9. The molecule has 2 aromatic heterocycles. The van der Waals surface area contributed by atoms with Crippen LogP contribution < -0.4 is 0 Å². The first-order valence-electron chi connectivity index (χ1n) is 10.8. The quantitative estimate of drug-likeness (QED) is 0.609. The molecule has 4 heterocycles. The highest BCUT2D eigenvalue weighted by molar-refractivity contribution is 5.95. The van der Waals surface area contributed by atoms with Gasteiger partial charge in [0.05, 0.1) is 13.2 Å². The highest BCUT2D eigenvalue weighted by atomic mass is 19.1. The molecule has 0 bridgehead atoms. The summed E-state index contributed by atoms with van der Waals surface area (Å²) >= 11 is 0. The standard InChI is InChI=1S/C24H24FN5O3/c1-28-10-8-21(27-28)22(31)30-15-20(18-3-2-9-26-13-18)24(16-30)23(32)29(11-12-33-24)14-17-4-6-19(25)7-5-17/h2-10,13,20H,11-12,14-16H2,1H3. The highest BCUT2D eigenvalue weighted by Crippen LogP contribution is 2.42. The third-order valence-electron chi connectivity index (χ3n) is 6.36. The number of rotatable bonds is 4. The molecule has 5 rings (SSSR count). The minimum absolute atomic E-state index is 0.126. The van der Waals surface area contributed by atoms with Gasteiger partial charge in [0.1, 0.15) is 11.5 Å². The van der Waals surface area contributed by atoms with E-state index in [2.05, 4.69) is 10.1 Å². The van der Waals surface area contributed by atoms with Crippen LogP contribution >= 0.6 is 0 Å². The number of amides is 2. The highest BCUT2D eigenvalue weighted by Gasteiger charge is 2.58. The van der Waals surface area contributed by atoms with E-state index in [0.717, 1.165) is 11.1 Å². The van der Waals surface area contributed by atoms with Crippen LogP contribution in [0.25, 0.3) is 0 Å². The number of benzene rings is 1. The number of aryl methyl sites for hydroxylation is 1. The number of ether oxygens (including phenoxy) is 1. The Morgan fingerprint density at radius 1 is 1.24 bits per heavy atom. The topological polar surface area (TPSA) is 80.6 Å². The summed E-state index contributed by atoms with van der Waals surface area (Å²) in [5.74, 6) is -1.11. The van der Waals surface area contributed by atoms with Crippen LogP contribution in [0.5, 0.6) is 0 Å². The fourth-order valence-electron chi connectivity index (χ4n) is 4.72. The summed E-state index contributed by atoms with van der Waals surface area (Å²) in [6.45, 7) is 1.55. The summed E-state index contributed by atoms with van der Waals surface area (Å²) in [6, 6.07) is 11.5. The molecule has 0 aliphatic carbocycles. The number of hydrogen-bond acceptors (Lipinski definition) is 5. The third kappa shape index (κ3) is 3.89. The van der Waals surface area contributed by atoms with Crippen molar-refractivity contribution < 1.29 is 18.7 Å². The van der Waals surface area contributed by atoms with Gasteiger partial charge < -0.3 is 14.5 Å². The molecular weight excluding hydrogens is 425 g/mol. The van der Waals surface area contributed by atoms with Crippen LogP contribution in [-0.2, 0) is 23.1 Å². The molecule has 2 unspecified atom stereocenters. The summed E-state index contributed by atoms with van der Waals surface area (Å²) in [5, 5.41) is 4.23. The molecule has 33 heavy (non-hydrogen) atoms. The van der Waals surface area contributed by atoms with E-state index < -0.39 is 5.60 Å². The van der Waals surface area contributed by atoms with E-state index >= 15 is 0 Å². The summed E-state index contributed by atoms with van der Waals surface area (Å²) in [7, 11) is 1.75. The molecule has 2 saturated heterocycles. The van der Waals surface area contributed by atoms with Gasteiger partial charge in [0, 0.05) is 51.2 Å². The molecule has 8 nitrogen and oxygen atoms in total. The Labute approximate surface area is 190 Å². The van der Waals surface area contributed by atoms with Gasteiger partial charge in [-0.05, 0) is 35.4 Å². The smallest absolute Gasteiger partial charge is 0.274 e. The Balaban J connectivity index is 1.47. The first-order valence-corrected chi connectivity index (χ1v) is 10.8. The molecule has 0 saturated carbocycles. The SMILES string of the molecule is Cn1ccc(C(=O)N2CC(c3cccnc3)C3(C2)OCCN(Cc2ccc(F)cc2)C3=O)n1. The summed E-state index contributed by atoms with van der Waals surface area (Å²) in [6.07, 6.45) is 5.10. The van der Waals surface area contributed by atoms with Crippen molar-refractivity contribution in [3.05, 3.63) is 83.7 Å². The summed E-state index contributed by atoms with van der Waals surface area (Å²) in [4.78, 5) is 34.6. The van der Waals surface area contributed by atoms with E-state index in [0.29, 0.717) is 31.9 Å². The minimum atomic E-state index is -1.22. The molecule has 0 radical (unpaired) electrons. The maximum absolute atomic E-state index is 13.9.